The second-order valence-electron chi connectivity index (χ2n) is 3.38. The van der Waals surface area contributed by atoms with Crippen molar-refractivity contribution in [3.05, 3.63) is 11.9 Å². The van der Waals surface area contributed by atoms with Gasteiger partial charge < -0.3 is 10.4 Å². The van der Waals surface area contributed by atoms with Gasteiger partial charge in [-0.3, -0.25) is 9.69 Å². The zero-order valence-electron chi connectivity index (χ0n) is 8.66. The maximum atomic E-state index is 11.6. The van der Waals surface area contributed by atoms with Crippen LogP contribution >= 0.6 is 0 Å². The molecule has 1 aliphatic rings. The summed E-state index contributed by atoms with van der Waals surface area (Å²) in [4.78, 5) is 34.4. The Hall–Kier alpha value is -2.45. The van der Waals surface area contributed by atoms with Crippen LogP contribution in [0.5, 0.6) is 0 Å². The minimum Gasteiger partial charge on any atom is -0.476 e. The van der Waals surface area contributed by atoms with Crippen LogP contribution in [0.2, 0.25) is 0 Å². The smallest absolute Gasteiger partial charge is 0.358 e. The van der Waals surface area contributed by atoms with E-state index in [1.54, 1.807) is 0 Å². The highest BCUT2D eigenvalue weighted by Crippen LogP contribution is 2.00. The Kier molecular flexibility index (Phi) is 2.73. The molecule has 0 aromatic carbocycles. The lowest BCUT2D eigenvalue weighted by atomic mass is 10.4. The van der Waals surface area contributed by atoms with Crippen molar-refractivity contribution in [2.75, 3.05) is 13.1 Å². The van der Waals surface area contributed by atoms with Gasteiger partial charge >= 0.3 is 12.0 Å². The first-order valence-corrected chi connectivity index (χ1v) is 4.79. The molecule has 2 rings (SSSR count). The fourth-order valence-corrected chi connectivity index (χ4v) is 1.41. The van der Waals surface area contributed by atoms with Crippen molar-refractivity contribution in [3.8, 4) is 0 Å². The monoisotopic (exact) mass is 239 g/mol. The van der Waals surface area contributed by atoms with E-state index in [-0.39, 0.29) is 12.2 Å². The maximum Gasteiger partial charge on any atom is 0.358 e. The second kappa shape index (κ2) is 4.20. The lowest BCUT2D eigenvalue weighted by Crippen LogP contribution is -2.36. The highest BCUT2D eigenvalue weighted by atomic mass is 16.4. The van der Waals surface area contributed by atoms with Crippen LogP contribution < -0.4 is 5.32 Å². The van der Waals surface area contributed by atoms with E-state index in [0.717, 1.165) is 15.8 Å². The number of carbonyl (C=O) groups is 3. The zero-order valence-corrected chi connectivity index (χ0v) is 8.66. The minimum absolute atomic E-state index is 0.215. The molecule has 1 aromatic rings. The highest BCUT2D eigenvalue weighted by Gasteiger charge is 2.26. The van der Waals surface area contributed by atoms with E-state index < -0.39 is 17.9 Å². The summed E-state index contributed by atoms with van der Waals surface area (Å²) in [5.74, 6) is -1.68. The predicted molar refractivity (Wildman–Crippen MR) is 52.1 cm³/mol. The van der Waals surface area contributed by atoms with Gasteiger partial charge in [-0.2, -0.15) is 0 Å². The summed E-state index contributed by atoms with van der Waals surface area (Å²) in [6.07, 6.45) is 1.13. The van der Waals surface area contributed by atoms with Crippen molar-refractivity contribution in [3.63, 3.8) is 0 Å². The third kappa shape index (κ3) is 2.22. The van der Waals surface area contributed by atoms with Crippen molar-refractivity contribution >= 4 is 17.9 Å². The molecule has 17 heavy (non-hydrogen) atoms. The number of carboxylic acid groups (broad SMARTS) is 1. The van der Waals surface area contributed by atoms with Gasteiger partial charge in [-0.25, -0.2) is 14.3 Å². The van der Waals surface area contributed by atoms with Crippen LogP contribution in [-0.4, -0.2) is 56.0 Å². The van der Waals surface area contributed by atoms with Crippen molar-refractivity contribution in [2.24, 2.45) is 0 Å². The first-order chi connectivity index (χ1) is 8.08. The Morgan fingerprint density at radius 1 is 1.53 bits per heavy atom. The third-order valence-electron chi connectivity index (χ3n) is 2.21. The Balaban J connectivity index is 2.02. The summed E-state index contributed by atoms with van der Waals surface area (Å²) in [5, 5.41) is 17.9. The molecule has 2 N–H and O–H groups in total. The van der Waals surface area contributed by atoms with E-state index in [1.165, 1.54) is 0 Å². The van der Waals surface area contributed by atoms with E-state index in [9.17, 15) is 14.4 Å². The largest absolute Gasteiger partial charge is 0.476 e. The molecule has 0 bridgehead atoms. The van der Waals surface area contributed by atoms with Crippen LogP contribution in [0.15, 0.2) is 6.20 Å². The minimum atomic E-state index is -1.22. The van der Waals surface area contributed by atoms with Crippen molar-refractivity contribution in [2.45, 2.75) is 6.54 Å². The summed E-state index contributed by atoms with van der Waals surface area (Å²) in [5.41, 5.74) is -0.247. The number of hydrogen-bond donors (Lipinski definition) is 2. The average Bonchev–Trinajstić information content (AvgIpc) is 2.86. The molecular weight excluding hydrogens is 230 g/mol. The Morgan fingerprint density at radius 2 is 2.29 bits per heavy atom. The van der Waals surface area contributed by atoms with Gasteiger partial charge in [-0.1, -0.05) is 5.21 Å². The molecule has 1 aromatic heterocycles. The molecule has 3 amide bonds. The Morgan fingerprint density at radius 3 is 2.82 bits per heavy atom. The first-order valence-electron chi connectivity index (χ1n) is 4.79. The van der Waals surface area contributed by atoms with E-state index in [4.69, 9.17) is 5.11 Å². The van der Waals surface area contributed by atoms with E-state index in [2.05, 4.69) is 15.6 Å². The highest BCUT2D eigenvalue weighted by molar-refractivity contribution is 5.95. The molecule has 0 aliphatic carbocycles. The molecule has 0 saturated carbocycles. The fourth-order valence-electron chi connectivity index (χ4n) is 1.41. The topological polar surface area (TPSA) is 117 Å². The molecule has 90 valence electrons. The SMILES string of the molecule is O=C(O)c1cn(CC(=O)N2CCNC2=O)nn1. The molecule has 0 spiro atoms. The van der Waals surface area contributed by atoms with Gasteiger partial charge in [-0.05, 0) is 0 Å². The van der Waals surface area contributed by atoms with Crippen LogP contribution in [0.25, 0.3) is 0 Å². The number of carboxylic acids is 1. The molecule has 9 nitrogen and oxygen atoms in total. The number of nitrogens with zero attached hydrogens (tertiary/aromatic N) is 4. The molecule has 1 aliphatic heterocycles. The molecule has 1 fully saturated rings. The number of amides is 3. The second-order valence-corrected chi connectivity index (χ2v) is 3.38. The van der Waals surface area contributed by atoms with Gasteiger partial charge in [-0.15, -0.1) is 5.10 Å². The summed E-state index contributed by atoms with van der Waals surface area (Å²) in [6.45, 7) is 0.508. The lowest BCUT2D eigenvalue weighted by molar-refractivity contribution is -0.128. The maximum absolute atomic E-state index is 11.6. The first kappa shape index (κ1) is 11.0. The standard InChI is InChI=1S/C8H9N5O4/c14-6(13-2-1-9-8(13)17)4-12-3-5(7(15)16)10-11-12/h3H,1-2,4H2,(H,9,17)(H,15,16). The Bertz CT molecular complexity index is 482. The molecular formula is C8H9N5O4. The fraction of sp³-hybridized carbons (Fsp3) is 0.375. The number of aromatic nitrogens is 3. The normalized spacial score (nSPS) is 14.8. The van der Waals surface area contributed by atoms with Crippen molar-refractivity contribution in [1.82, 2.24) is 25.2 Å². The van der Waals surface area contributed by atoms with E-state index in [0.29, 0.717) is 13.1 Å². The van der Waals surface area contributed by atoms with Gasteiger partial charge in [0.1, 0.15) is 6.54 Å². The number of hydrogen-bond acceptors (Lipinski definition) is 5. The Labute approximate surface area is 95.0 Å². The van der Waals surface area contributed by atoms with Gasteiger partial charge in [0, 0.05) is 13.1 Å². The number of imide groups is 1. The molecule has 9 heteroatoms. The van der Waals surface area contributed by atoms with Crippen LogP contribution in [0, 0.1) is 0 Å². The van der Waals surface area contributed by atoms with E-state index in [1.807, 2.05) is 0 Å². The quantitative estimate of drug-likeness (QED) is 0.664. The average molecular weight is 239 g/mol. The predicted octanol–water partition coefficient (Wildman–Crippen LogP) is -1.47. The molecule has 0 unspecified atom stereocenters. The summed E-state index contributed by atoms with van der Waals surface area (Å²) < 4.78 is 1.08. The molecule has 0 radical (unpaired) electrons. The summed E-state index contributed by atoms with van der Waals surface area (Å²) in [6, 6.07) is -0.450. The molecule has 2 heterocycles. The number of urea groups is 1. The van der Waals surface area contributed by atoms with Gasteiger partial charge in [0.2, 0.25) is 0 Å². The number of carbonyl (C=O) groups excluding carboxylic acids is 2. The van der Waals surface area contributed by atoms with Crippen LogP contribution in [-0.2, 0) is 11.3 Å². The van der Waals surface area contributed by atoms with Gasteiger partial charge in [0.05, 0.1) is 6.20 Å². The van der Waals surface area contributed by atoms with E-state index >= 15 is 0 Å². The van der Waals surface area contributed by atoms with Gasteiger partial charge in [0.25, 0.3) is 5.91 Å². The molecule has 1 saturated heterocycles. The number of aromatic carboxylic acids is 1. The zero-order chi connectivity index (χ0) is 12.4. The number of rotatable bonds is 3. The third-order valence-corrected chi connectivity index (χ3v) is 2.21. The van der Waals surface area contributed by atoms with Crippen molar-refractivity contribution < 1.29 is 19.5 Å². The van der Waals surface area contributed by atoms with Crippen LogP contribution in [0.1, 0.15) is 10.5 Å². The van der Waals surface area contributed by atoms with Crippen LogP contribution in [0.3, 0.4) is 0 Å². The van der Waals surface area contributed by atoms with Crippen LogP contribution in [0.4, 0.5) is 4.79 Å². The van der Waals surface area contributed by atoms with Gasteiger partial charge in [0.15, 0.2) is 5.69 Å². The number of nitrogens with one attached hydrogen (secondary N) is 1. The van der Waals surface area contributed by atoms with Crippen molar-refractivity contribution in [1.29, 1.82) is 0 Å². The summed E-state index contributed by atoms with van der Waals surface area (Å²) in [7, 11) is 0. The summed E-state index contributed by atoms with van der Waals surface area (Å²) >= 11 is 0. The molecule has 0 atom stereocenters. The lowest BCUT2D eigenvalue weighted by Gasteiger charge is -2.11.